The van der Waals surface area contributed by atoms with Gasteiger partial charge in [0.25, 0.3) is 5.89 Å². The van der Waals surface area contributed by atoms with Crippen LogP contribution in [0.3, 0.4) is 0 Å². The molecule has 1 N–H and O–H groups in total. The van der Waals surface area contributed by atoms with Gasteiger partial charge >= 0.3 is 0 Å². The van der Waals surface area contributed by atoms with Gasteiger partial charge in [-0.2, -0.15) is 4.98 Å². The van der Waals surface area contributed by atoms with Crippen molar-refractivity contribution in [2.24, 2.45) is 5.92 Å². The fraction of sp³-hybridized carbons (Fsp3) is 0.214. The van der Waals surface area contributed by atoms with Gasteiger partial charge in [0.2, 0.25) is 17.6 Å². The van der Waals surface area contributed by atoms with Gasteiger partial charge in [-0.3, -0.25) is 9.59 Å². The zero-order chi connectivity index (χ0) is 24.9. The zero-order valence-corrected chi connectivity index (χ0v) is 19.9. The Bertz CT molecular complexity index is 1350. The molecular formula is C28H26N4O4. The third-order valence-corrected chi connectivity index (χ3v) is 6.25. The number of hydrogen-bond donors (Lipinski definition) is 1. The second-order valence-electron chi connectivity index (χ2n) is 8.70. The summed E-state index contributed by atoms with van der Waals surface area (Å²) < 4.78 is 10.6. The summed E-state index contributed by atoms with van der Waals surface area (Å²) in [6, 6.07) is 24.6. The molecule has 0 saturated carbocycles. The van der Waals surface area contributed by atoms with E-state index in [2.05, 4.69) is 15.5 Å². The molecule has 1 saturated heterocycles. The third kappa shape index (κ3) is 5.27. The Morgan fingerprint density at radius 1 is 1.06 bits per heavy atom. The van der Waals surface area contributed by atoms with Crippen molar-refractivity contribution in [1.29, 1.82) is 0 Å². The molecule has 4 aromatic rings. The summed E-state index contributed by atoms with van der Waals surface area (Å²) in [7, 11) is 1.61. The Balaban J connectivity index is 1.21. The van der Waals surface area contributed by atoms with E-state index in [9.17, 15) is 9.59 Å². The zero-order valence-electron chi connectivity index (χ0n) is 19.9. The number of amides is 2. The second kappa shape index (κ2) is 10.4. The summed E-state index contributed by atoms with van der Waals surface area (Å²) in [6.45, 7) is 1.03. The van der Waals surface area contributed by atoms with E-state index < -0.39 is 0 Å². The Kier molecular flexibility index (Phi) is 6.75. The van der Waals surface area contributed by atoms with Gasteiger partial charge in [-0.15, -0.1) is 0 Å². The number of nitrogens with zero attached hydrogens (tertiary/aromatic N) is 3. The molecule has 5 rings (SSSR count). The first-order valence-corrected chi connectivity index (χ1v) is 11.8. The van der Waals surface area contributed by atoms with Gasteiger partial charge in [0.15, 0.2) is 0 Å². The first-order chi connectivity index (χ1) is 17.6. The second-order valence-corrected chi connectivity index (χ2v) is 8.70. The van der Waals surface area contributed by atoms with Crippen molar-refractivity contribution in [2.75, 3.05) is 25.5 Å². The molecule has 1 aromatic heterocycles. The number of rotatable bonds is 8. The van der Waals surface area contributed by atoms with Gasteiger partial charge in [0.1, 0.15) is 5.75 Å². The van der Waals surface area contributed by atoms with Crippen LogP contribution in [0.5, 0.6) is 5.75 Å². The maximum atomic E-state index is 12.9. The largest absolute Gasteiger partial charge is 0.497 e. The predicted octanol–water partition coefficient (Wildman–Crippen LogP) is 4.44. The number of methoxy groups -OCH3 is 1. The molecule has 8 nitrogen and oxygen atoms in total. The van der Waals surface area contributed by atoms with Crippen LogP contribution in [-0.2, 0) is 16.0 Å². The monoisotopic (exact) mass is 482 g/mol. The summed E-state index contributed by atoms with van der Waals surface area (Å²) >= 11 is 0. The van der Waals surface area contributed by atoms with E-state index in [1.165, 1.54) is 5.56 Å². The number of carbonyl (C=O) groups is 2. The maximum absolute atomic E-state index is 12.9. The van der Waals surface area contributed by atoms with Crippen molar-refractivity contribution in [3.8, 4) is 28.6 Å². The first-order valence-electron chi connectivity index (χ1n) is 11.8. The fourth-order valence-electron chi connectivity index (χ4n) is 4.24. The summed E-state index contributed by atoms with van der Waals surface area (Å²) in [5, 5.41) is 7.01. The molecule has 8 heteroatoms. The highest BCUT2D eigenvalue weighted by molar-refractivity contribution is 5.97. The molecule has 0 aliphatic carbocycles. The fourth-order valence-corrected chi connectivity index (χ4v) is 4.24. The number of anilines is 1. The molecule has 1 unspecified atom stereocenters. The lowest BCUT2D eigenvalue weighted by Crippen LogP contribution is -2.30. The van der Waals surface area contributed by atoms with Crippen LogP contribution in [0.1, 0.15) is 12.0 Å². The van der Waals surface area contributed by atoms with E-state index in [4.69, 9.17) is 9.26 Å². The number of likely N-dealkylation sites (tertiary alicyclic amines) is 1. The van der Waals surface area contributed by atoms with Crippen LogP contribution in [0.15, 0.2) is 83.4 Å². The molecule has 2 amide bonds. The van der Waals surface area contributed by atoms with Gasteiger partial charge in [-0.1, -0.05) is 41.6 Å². The molecule has 1 aliphatic heterocycles. The normalized spacial score (nSPS) is 15.2. The minimum absolute atomic E-state index is 0.0109. The van der Waals surface area contributed by atoms with Crippen molar-refractivity contribution in [2.45, 2.75) is 12.8 Å². The van der Waals surface area contributed by atoms with E-state index in [1.807, 2.05) is 66.7 Å². The van der Waals surface area contributed by atoms with Gasteiger partial charge < -0.3 is 19.5 Å². The maximum Gasteiger partial charge on any atom is 0.258 e. The average molecular weight is 483 g/mol. The number of hydrogen-bond acceptors (Lipinski definition) is 6. The lowest BCUT2D eigenvalue weighted by molar-refractivity contribution is -0.128. The van der Waals surface area contributed by atoms with Crippen molar-refractivity contribution < 1.29 is 18.8 Å². The summed E-state index contributed by atoms with van der Waals surface area (Å²) in [5.74, 6) is 1.00. The van der Waals surface area contributed by atoms with Crippen LogP contribution in [-0.4, -0.2) is 47.1 Å². The van der Waals surface area contributed by atoms with E-state index in [-0.39, 0.29) is 24.2 Å². The number of aromatic nitrogens is 2. The highest BCUT2D eigenvalue weighted by atomic mass is 16.5. The van der Waals surface area contributed by atoms with Gasteiger partial charge in [0.05, 0.1) is 13.0 Å². The number of carbonyl (C=O) groups excluding carboxylic acids is 2. The van der Waals surface area contributed by atoms with E-state index in [0.717, 1.165) is 17.7 Å². The lowest BCUT2D eigenvalue weighted by Gasteiger charge is -2.16. The number of ether oxygens (including phenoxy) is 1. The third-order valence-electron chi connectivity index (χ3n) is 6.25. The molecule has 0 radical (unpaired) electrons. The highest BCUT2D eigenvalue weighted by Crippen LogP contribution is 2.26. The predicted molar refractivity (Wildman–Crippen MR) is 135 cm³/mol. The topological polar surface area (TPSA) is 97.6 Å². The smallest absolute Gasteiger partial charge is 0.258 e. The highest BCUT2D eigenvalue weighted by Gasteiger charge is 2.34. The van der Waals surface area contributed by atoms with Crippen molar-refractivity contribution in [3.05, 3.63) is 84.4 Å². The number of benzene rings is 3. The lowest BCUT2D eigenvalue weighted by atomic mass is 10.1. The summed E-state index contributed by atoms with van der Waals surface area (Å²) in [6.07, 6.45) is 0.987. The van der Waals surface area contributed by atoms with E-state index in [1.54, 1.807) is 24.1 Å². The van der Waals surface area contributed by atoms with Crippen LogP contribution < -0.4 is 10.1 Å². The Morgan fingerprint density at radius 2 is 1.86 bits per heavy atom. The van der Waals surface area contributed by atoms with Crippen molar-refractivity contribution in [1.82, 2.24) is 15.0 Å². The summed E-state index contributed by atoms with van der Waals surface area (Å²) in [5.41, 5.74) is 3.27. The van der Waals surface area contributed by atoms with Crippen LogP contribution in [0.4, 0.5) is 5.69 Å². The van der Waals surface area contributed by atoms with Crippen LogP contribution >= 0.6 is 0 Å². The molecule has 36 heavy (non-hydrogen) atoms. The van der Waals surface area contributed by atoms with E-state index >= 15 is 0 Å². The average Bonchev–Trinajstić information content (AvgIpc) is 3.56. The first kappa shape index (κ1) is 23.3. The van der Waals surface area contributed by atoms with Crippen LogP contribution in [0, 0.1) is 5.92 Å². The molecule has 1 atom stereocenters. The molecule has 0 spiro atoms. The van der Waals surface area contributed by atoms with Gasteiger partial charge in [0, 0.05) is 36.3 Å². The van der Waals surface area contributed by atoms with Gasteiger partial charge in [-0.05, 0) is 54.4 Å². The Morgan fingerprint density at radius 3 is 2.64 bits per heavy atom. The van der Waals surface area contributed by atoms with Crippen molar-refractivity contribution >= 4 is 17.5 Å². The Hall–Kier alpha value is -4.46. The molecule has 2 heterocycles. The molecule has 0 bridgehead atoms. The number of nitrogens with one attached hydrogen (secondary N) is 1. The molecular weight excluding hydrogens is 456 g/mol. The van der Waals surface area contributed by atoms with Crippen LogP contribution in [0.25, 0.3) is 22.8 Å². The minimum atomic E-state index is -0.387. The SMILES string of the molecule is COc1ccc(-c2noc(-c3cccc(NC(=O)C4CC(=O)N(CCc5ccccc5)C4)c3)n2)cc1. The molecule has 3 aromatic carbocycles. The van der Waals surface area contributed by atoms with E-state index in [0.29, 0.717) is 36.1 Å². The minimum Gasteiger partial charge on any atom is -0.497 e. The quantitative estimate of drug-likeness (QED) is 0.399. The van der Waals surface area contributed by atoms with Gasteiger partial charge in [-0.25, -0.2) is 0 Å². The molecule has 1 fully saturated rings. The molecule has 1 aliphatic rings. The summed E-state index contributed by atoms with van der Waals surface area (Å²) in [4.78, 5) is 31.6. The van der Waals surface area contributed by atoms with Crippen LogP contribution in [0.2, 0.25) is 0 Å². The van der Waals surface area contributed by atoms with Crippen molar-refractivity contribution in [3.63, 3.8) is 0 Å². The standard InChI is InChI=1S/C28H26N4O4/c1-35-24-12-10-20(11-13-24)26-30-28(36-31-26)21-8-5-9-23(16-21)29-27(34)22-17-25(33)32(18-22)15-14-19-6-3-2-4-7-19/h2-13,16,22H,14-15,17-18H2,1H3,(H,29,34). The Labute approximate surface area is 208 Å². The molecule has 182 valence electrons.